The minimum atomic E-state index is -4.11. The molecule has 0 aliphatic heterocycles. The molecule has 102 valence electrons. The van der Waals surface area contributed by atoms with E-state index in [9.17, 15) is 13.2 Å². The second-order valence-electron chi connectivity index (χ2n) is 5.26. The van der Waals surface area contributed by atoms with Crippen molar-refractivity contribution in [2.24, 2.45) is 11.8 Å². The Kier molecular flexibility index (Phi) is 4.15. The SMILES string of the molecule is CC1C=CC(OC2C=CC(C(F)(F)F)CC2)CC1. The molecule has 0 bridgehead atoms. The Morgan fingerprint density at radius 1 is 0.889 bits per heavy atom. The fourth-order valence-electron chi connectivity index (χ4n) is 2.45. The van der Waals surface area contributed by atoms with Crippen LogP contribution in [-0.4, -0.2) is 18.4 Å². The zero-order valence-electron chi connectivity index (χ0n) is 10.5. The number of alkyl halides is 3. The van der Waals surface area contributed by atoms with Crippen LogP contribution in [-0.2, 0) is 4.74 Å². The molecule has 0 N–H and O–H groups in total. The highest BCUT2D eigenvalue weighted by atomic mass is 19.4. The largest absolute Gasteiger partial charge is 0.395 e. The summed E-state index contributed by atoms with van der Waals surface area (Å²) in [4.78, 5) is 0. The molecule has 0 amide bonds. The Morgan fingerprint density at radius 3 is 1.94 bits per heavy atom. The normalized spacial score (nSPS) is 36.9. The van der Waals surface area contributed by atoms with Gasteiger partial charge in [-0.25, -0.2) is 0 Å². The van der Waals surface area contributed by atoms with Crippen molar-refractivity contribution in [3.05, 3.63) is 24.3 Å². The molecule has 0 saturated heterocycles. The third kappa shape index (κ3) is 3.61. The van der Waals surface area contributed by atoms with E-state index in [2.05, 4.69) is 13.0 Å². The second kappa shape index (κ2) is 5.47. The van der Waals surface area contributed by atoms with Gasteiger partial charge in [0.25, 0.3) is 0 Å². The van der Waals surface area contributed by atoms with Gasteiger partial charge in [-0.2, -0.15) is 13.2 Å². The van der Waals surface area contributed by atoms with Gasteiger partial charge >= 0.3 is 6.18 Å². The van der Waals surface area contributed by atoms with Crippen LogP contribution < -0.4 is 0 Å². The number of hydrogen-bond acceptors (Lipinski definition) is 1. The first-order chi connectivity index (χ1) is 8.45. The highest BCUT2D eigenvalue weighted by molar-refractivity contribution is 5.04. The molecule has 0 spiro atoms. The molecule has 0 aromatic rings. The molecule has 4 atom stereocenters. The quantitative estimate of drug-likeness (QED) is 0.674. The molecule has 0 aromatic heterocycles. The molecule has 0 fully saturated rings. The minimum absolute atomic E-state index is 0.0679. The summed E-state index contributed by atoms with van der Waals surface area (Å²) in [7, 11) is 0. The average molecular weight is 260 g/mol. The molecule has 4 heteroatoms. The van der Waals surface area contributed by atoms with E-state index in [1.54, 1.807) is 6.08 Å². The third-order valence-corrected chi connectivity index (χ3v) is 3.65. The monoisotopic (exact) mass is 260 g/mol. The highest BCUT2D eigenvalue weighted by Gasteiger charge is 2.39. The van der Waals surface area contributed by atoms with Crippen molar-refractivity contribution in [1.29, 1.82) is 0 Å². The first-order valence-corrected chi connectivity index (χ1v) is 6.54. The molecule has 2 rings (SSSR count). The van der Waals surface area contributed by atoms with Crippen molar-refractivity contribution >= 4 is 0 Å². The third-order valence-electron chi connectivity index (χ3n) is 3.65. The van der Waals surface area contributed by atoms with Crippen LogP contribution in [0.25, 0.3) is 0 Å². The zero-order chi connectivity index (χ0) is 13.2. The lowest BCUT2D eigenvalue weighted by atomic mass is 9.92. The smallest absolute Gasteiger partial charge is 0.367 e. The number of halogens is 3. The summed E-state index contributed by atoms with van der Waals surface area (Å²) in [5.74, 6) is -0.708. The summed E-state index contributed by atoms with van der Waals surface area (Å²) in [6, 6.07) is 0. The predicted molar refractivity (Wildman–Crippen MR) is 64.1 cm³/mol. The van der Waals surface area contributed by atoms with Crippen molar-refractivity contribution in [2.45, 2.75) is 51.0 Å². The summed E-state index contributed by atoms with van der Waals surface area (Å²) < 4.78 is 43.2. The summed E-state index contributed by atoms with van der Waals surface area (Å²) >= 11 is 0. The Labute approximate surface area is 106 Å². The molecule has 0 heterocycles. The van der Waals surface area contributed by atoms with Gasteiger partial charge in [0, 0.05) is 0 Å². The van der Waals surface area contributed by atoms with Gasteiger partial charge in [-0.15, -0.1) is 0 Å². The fourth-order valence-corrected chi connectivity index (χ4v) is 2.45. The summed E-state index contributed by atoms with van der Waals surface area (Å²) in [6.07, 6.45) is 5.44. The zero-order valence-corrected chi connectivity index (χ0v) is 10.5. The van der Waals surface area contributed by atoms with Crippen molar-refractivity contribution in [3.63, 3.8) is 0 Å². The van der Waals surface area contributed by atoms with Crippen molar-refractivity contribution in [3.8, 4) is 0 Å². The van der Waals surface area contributed by atoms with Gasteiger partial charge in [0.2, 0.25) is 0 Å². The summed E-state index contributed by atoms with van der Waals surface area (Å²) in [5, 5.41) is 0. The molecule has 0 saturated carbocycles. The van der Waals surface area contributed by atoms with E-state index >= 15 is 0 Å². The van der Waals surface area contributed by atoms with E-state index in [0.717, 1.165) is 12.8 Å². The Morgan fingerprint density at radius 2 is 1.50 bits per heavy atom. The van der Waals surface area contributed by atoms with Gasteiger partial charge in [-0.1, -0.05) is 31.2 Å². The van der Waals surface area contributed by atoms with Gasteiger partial charge in [0.05, 0.1) is 18.1 Å². The summed E-state index contributed by atoms with van der Waals surface area (Å²) in [6.45, 7) is 2.15. The Balaban J connectivity index is 1.85. The van der Waals surface area contributed by atoms with Crippen molar-refractivity contribution in [1.82, 2.24) is 0 Å². The number of rotatable bonds is 2. The Bertz CT molecular complexity index is 332. The van der Waals surface area contributed by atoms with E-state index < -0.39 is 12.1 Å². The second-order valence-corrected chi connectivity index (χ2v) is 5.26. The van der Waals surface area contributed by atoms with E-state index in [0.29, 0.717) is 12.3 Å². The molecule has 0 aromatic carbocycles. The van der Waals surface area contributed by atoms with Crippen LogP contribution in [0.1, 0.15) is 32.6 Å². The van der Waals surface area contributed by atoms with Gasteiger partial charge in [0.15, 0.2) is 0 Å². The Hall–Kier alpha value is -0.770. The van der Waals surface area contributed by atoms with Gasteiger partial charge in [0.1, 0.15) is 0 Å². The molecule has 0 radical (unpaired) electrons. The van der Waals surface area contributed by atoms with Crippen LogP contribution in [0.5, 0.6) is 0 Å². The molecule has 2 aliphatic rings. The van der Waals surface area contributed by atoms with E-state index in [1.807, 2.05) is 6.08 Å². The molecular weight excluding hydrogens is 241 g/mol. The molecule has 2 aliphatic carbocycles. The maximum atomic E-state index is 12.5. The van der Waals surface area contributed by atoms with Crippen LogP contribution in [0.15, 0.2) is 24.3 Å². The van der Waals surface area contributed by atoms with E-state index in [-0.39, 0.29) is 18.6 Å². The van der Waals surface area contributed by atoms with Crippen LogP contribution in [0.4, 0.5) is 13.2 Å². The van der Waals surface area contributed by atoms with Gasteiger partial charge < -0.3 is 4.74 Å². The minimum Gasteiger partial charge on any atom is -0.367 e. The number of ether oxygens (including phenoxy) is 1. The van der Waals surface area contributed by atoms with E-state index in [4.69, 9.17) is 4.74 Å². The topological polar surface area (TPSA) is 9.23 Å². The van der Waals surface area contributed by atoms with Crippen LogP contribution in [0, 0.1) is 11.8 Å². The molecule has 4 unspecified atom stereocenters. The van der Waals surface area contributed by atoms with Crippen molar-refractivity contribution < 1.29 is 17.9 Å². The predicted octanol–water partition coefficient (Wildman–Crippen LogP) is 4.25. The molecular formula is C14H19F3O. The summed E-state index contributed by atoms with van der Waals surface area (Å²) in [5.41, 5.74) is 0. The molecule has 18 heavy (non-hydrogen) atoms. The van der Waals surface area contributed by atoms with Crippen molar-refractivity contribution in [2.75, 3.05) is 0 Å². The lowest BCUT2D eigenvalue weighted by molar-refractivity contribution is -0.166. The average Bonchev–Trinajstić information content (AvgIpc) is 2.32. The van der Waals surface area contributed by atoms with Gasteiger partial charge in [-0.3, -0.25) is 0 Å². The molecule has 1 nitrogen and oxygen atoms in total. The van der Waals surface area contributed by atoms with Gasteiger partial charge in [-0.05, 0) is 31.6 Å². The maximum absolute atomic E-state index is 12.5. The number of allylic oxidation sites excluding steroid dienone is 2. The van der Waals surface area contributed by atoms with Crippen LogP contribution >= 0.6 is 0 Å². The lowest BCUT2D eigenvalue weighted by Crippen LogP contribution is -2.29. The fraction of sp³-hybridized carbons (Fsp3) is 0.714. The van der Waals surface area contributed by atoms with Crippen LogP contribution in [0.2, 0.25) is 0 Å². The first kappa shape index (κ1) is 13.7. The van der Waals surface area contributed by atoms with Crippen LogP contribution in [0.3, 0.4) is 0 Å². The first-order valence-electron chi connectivity index (χ1n) is 6.54. The van der Waals surface area contributed by atoms with E-state index in [1.165, 1.54) is 6.08 Å². The number of hydrogen-bond donors (Lipinski definition) is 0. The standard InChI is InChI=1S/C14H19F3O/c1-10-2-6-12(7-3-10)18-13-8-4-11(5-9-13)14(15,16)17/h2,4,6,8,10-13H,3,5,7,9H2,1H3. The lowest BCUT2D eigenvalue weighted by Gasteiger charge is -2.29. The maximum Gasteiger partial charge on any atom is 0.395 e. The highest BCUT2D eigenvalue weighted by Crippen LogP contribution is 2.35.